The van der Waals surface area contributed by atoms with E-state index in [0.29, 0.717) is 5.56 Å². The van der Waals surface area contributed by atoms with Crippen molar-refractivity contribution in [3.8, 4) is 0 Å². The van der Waals surface area contributed by atoms with E-state index >= 15 is 0 Å². The van der Waals surface area contributed by atoms with Gasteiger partial charge in [-0.15, -0.1) is 0 Å². The zero-order valence-corrected chi connectivity index (χ0v) is 7.95. The van der Waals surface area contributed by atoms with Crippen molar-refractivity contribution in [3.05, 3.63) is 35.4 Å². The van der Waals surface area contributed by atoms with Crippen molar-refractivity contribution in [2.24, 2.45) is 0 Å². The van der Waals surface area contributed by atoms with Gasteiger partial charge < -0.3 is 11.3 Å². The predicted octanol–water partition coefficient (Wildman–Crippen LogP) is 2.67. The van der Waals surface area contributed by atoms with E-state index in [1.54, 1.807) is 12.1 Å². The fourth-order valence-electron chi connectivity index (χ4n) is 1.20. The Morgan fingerprint density at radius 2 is 1.85 bits per heavy atom. The predicted molar refractivity (Wildman–Crippen MR) is 52.5 cm³/mol. The normalized spacial score (nSPS) is 9.46. The van der Waals surface area contributed by atoms with Crippen molar-refractivity contribution in [1.29, 1.82) is 0 Å². The second kappa shape index (κ2) is 4.62. The van der Waals surface area contributed by atoms with Crippen LogP contribution in [-0.4, -0.2) is 11.1 Å². The molecule has 72 valence electrons. The van der Waals surface area contributed by atoms with Crippen LogP contribution < -0.4 is 6.15 Å². The molecule has 0 unspecified atom stereocenters. The van der Waals surface area contributed by atoms with Crippen molar-refractivity contribution in [1.82, 2.24) is 6.15 Å². The molecule has 0 saturated heterocycles. The van der Waals surface area contributed by atoms with Crippen LogP contribution in [0, 0.1) is 0 Å². The molecule has 0 amide bonds. The molecular weight excluding hydrogens is 166 g/mol. The lowest BCUT2D eigenvalue weighted by Gasteiger charge is -2.07. The van der Waals surface area contributed by atoms with Gasteiger partial charge in [0.2, 0.25) is 0 Å². The Hall–Kier alpha value is -1.35. The molecule has 0 fully saturated rings. The summed E-state index contributed by atoms with van der Waals surface area (Å²) >= 11 is 0. The van der Waals surface area contributed by atoms with Gasteiger partial charge in [0.15, 0.2) is 0 Å². The smallest absolute Gasteiger partial charge is 0.335 e. The summed E-state index contributed by atoms with van der Waals surface area (Å²) < 4.78 is 0. The second-order valence-electron chi connectivity index (χ2n) is 3.05. The summed E-state index contributed by atoms with van der Waals surface area (Å²) in [5, 5.41) is 8.81. The molecule has 0 bridgehead atoms. The first-order valence-corrected chi connectivity index (χ1v) is 3.95. The van der Waals surface area contributed by atoms with Crippen molar-refractivity contribution in [2.45, 2.75) is 19.8 Å². The summed E-state index contributed by atoms with van der Waals surface area (Å²) in [5.74, 6) is -0.586. The molecule has 3 heteroatoms. The lowest BCUT2D eigenvalue weighted by Crippen LogP contribution is -2.02. The average Bonchev–Trinajstić information content (AvgIpc) is 2.04. The van der Waals surface area contributed by atoms with E-state index < -0.39 is 5.97 Å². The van der Waals surface area contributed by atoms with Crippen LogP contribution in [0.25, 0.3) is 0 Å². The minimum absolute atomic E-state index is 0. The van der Waals surface area contributed by atoms with E-state index in [-0.39, 0.29) is 12.1 Å². The highest BCUT2D eigenvalue weighted by atomic mass is 16.4. The maximum Gasteiger partial charge on any atom is 0.335 e. The molecular formula is C10H15NO2. The van der Waals surface area contributed by atoms with Crippen LogP contribution in [0.4, 0.5) is 0 Å². The third-order valence-corrected chi connectivity index (χ3v) is 1.81. The quantitative estimate of drug-likeness (QED) is 0.736. The van der Waals surface area contributed by atoms with Gasteiger partial charge in [-0.25, -0.2) is 4.79 Å². The third-order valence-electron chi connectivity index (χ3n) is 1.81. The third kappa shape index (κ3) is 2.56. The number of hydrogen-bond acceptors (Lipinski definition) is 2. The number of aromatic carboxylic acids is 1. The highest BCUT2D eigenvalue weighted by Gasteiger charge is 2.10. The number of hydrogen-bond donors (Lipinski definition) is 2. The minimum Gasteiger partial charge on any atom is -0.478 e. The van der Waals surface area contributed by atoms with Gasteiger partial charge >= 0.3 is 5.97 Å². The molecule has 0 aliphatic rings. The Morgan fingerprint density at radius 1 is 1.31 bits per heavy atom. The topological polar surface area (TPSA) is 72.3 Å². The number of carbonyl (C=O) groups is 1. The first-order valence-electron chi connectivity index (χ1n) is 3.95. The first-order chi connectivity index (χ1) is 5.63. The lowest BCUT2D eigenvalue weighted by atomic mass is 9.97. The maximum absolute atomic E-state index is 10.7. The molecule has 1 rings (SSSR count). The van der Waals surface area contributed by atoms with Crippen molar-refractivity contribution >= 4 is 5.97 Å². The molecule has 4 N–H and O–H groups in total. The summed E-state index contributed by atoms with van der Waals surface area (Å²) in [6.45, 7) is 3.98. The van der Waals surface area contributed by atoms with Crippen LogP contribution in [0.5, 0.6) is 0 Å². The Kier molecular flexibility index (Phi) is 4.14. The van der Waals surface area contributed by atoms with Gasteiger partial charge in [0.1, 0.15) is 0 Å². The van der Waals surface area contributed by atoms with Crippen LogP contribution in [0.3, 0.4) is 0 Å². The fourth-order valence-corrected chi connectivity index (χ4v) is 1.20. The van der Waals surface area contributed by atoms with E-state index in [9.17, 15) is 4.79 Å². The van der Waals surface area contributed by atoms with Crippen LogP contribution in [0.2, 0.25) is 0 Å². The van der Waals surface area contributed by atoms with Gasteiger partial charge in [0, 0.05) is 0 Å². The van der Waals surface area contributed by atoms with Gasteiger partial charge in [-0.3, -0.25) is 0 Å². The first kappa shape index (κ1) is 11.6. The SMILES string of the molecule is CC(C)c1ccccc1C(=O)O.N. The Bertz CT molecular complexity index is 295. The number of carboxylic acid groups (broad SMARTS) is 1. The molecule has 13 heavy (non-hydrogen) atoms. The molecule has 0 saturated carbocycles. The van der Waals surface area contributed by atoms with Crippen LogP contribution in [-0.2, 0) is 0 Å². The largest absolute Gasteiger partial charge is 0.478 e. The Morgan fingerprint density at radius 3 is 2.23 bits per heavy atom. The molecule has 0 aromatic heterocycles. The molecule has 0 spiro atoms. The summed E-state index contributed by atoms with van der Waals surface area (Å²) in [5.41, 5.74) is 1.30. The van der Waals surface area contributed by atoms with Gasteiger partial charge in [0.05, 0.1) is 5.56 Å². The molecule has 0 radical (unpaired) electrons. The van der Waals surface area contributed by atoms with Crippen molar-refractivity contribution in [2.75, 3.05) is 0 Å². The molecule has 1 aromatic carbocycles. The minimum atomic E-state index is -0.848. The number of benzene rings is 1. The molecule has 1 aromatic rings. The average molecular weight is 181 g/mol. The van der Waals surface area contributed by atoms with Gasteiger partial charge in [0.25, 0.3) is 0 Å². The summed E-state index contributed by atoms with van der Waals surface area (Å²) in [4.78, 5) is 10.7. The molecule has 0 atom stereocenters. The summed E-state index contributed by atoms with van der Waals surface area (Å²) in [6, 6.07) is 7.10. The monoisotopic (exact) mass is 181 g/mol. The van der Waals surface area contributed by atoms with Crippen molar-refractivity contribution < 1.29 is 9.90 Å². The summed E-state index contributed by atoms with van der Waals surface area (Å²) in [7, 11) is 0. The molecule has 0 heterocycles. The highest BCUT2D eigenvalue weighted by Crippen LogP contribution is 2.18. The van der Waals surface area contributed by atoms with E-state index in [4.69, 9.17) is 5.11 Å². The summed E-state index contributed by atoms with van der Waals surface area (Å²) in [6.07, 6.45) is 0. The lowest BCUT2D eigenvalue weighted by molar-refractivity contribution is 0.0695. The van der Waals surface area contributed by atoms with E-state index in [2.05, 4.69) is 0 Å². The molecule has 0 aliphatic carbocycles. The molecule has 0 aliphatic heterocycles. The van der Waals surface area contributed by atoms with Gasteiger partial charge in [-0.2, -0.15) is 0 Å². The zero-order chi connectivity index (χ0) is 9.14. The van der Waals surface area contributed by atoms with E-state index in [1.165, 1.54) is 0 Å². The van der Waals surface area contributed by atoms with Crippen LogP contribution in [0.1, 0.15) is 35.7 Å². The van der Waals surface area contributed by atoms with E-state index in [1.807, 2.05) is 26.0 Å². The van der Waals surface area contributed by atoms with Crippen molar-refractivity contribution in [3.63, 3.8) is 0 Å². The standard InChI is InChI=1S/C10H12O2.H3N/c1-7(2)8-5-3-4-6-9(8)10(11)12;/h3-7H,1-2H3,(H,11,12);1H3. The molecule has 3 nitrogen and oxygen atoms in total. The highest BCUT2D eigenvalue weighted by molar-refractivity contribution is 5.89. The fraction of sp³-hybridized carbons (Fsp3) is 0.300. The van der Waals surface area contributed by atoms with Crippen LogP contribution >= 0.6 is 0 Å². The number of carboxylic acids is 1. The Labute approximate surface area is 78.0 Å². The van der Waals surface area contributed by atoms with Crippen LogP contribution in [0.15, 0.2) is 24.3 Å². The maximum atomic E-state index is 10.7. The van der Waals surface area contributed by atoms with Gasteiger partial charge in [-0.05, 0) is 17.5 Å². The van der Waals surface area contributed by atoms with E-state index in [0.717, 1.165) is 5.56 Å². The second-order valence-corrected chi connectivity index (χ2v) is 3.05. The van der Waals surface area contributed by atoms with Gasteiger partial charge in [-0.1, -0.05) is 32.0 Å². The zero-order valence-electron chi connectivity index (χ0n) is 7.95. The Balaban J connectivity index is 0.00000144. The number of rotatable bonds is 2.